The predicted octanol–water partition coefficient (Wildman–Crippen LogP) is 0.218. The fraction of sp³-hybridized carbons (Fsp3) is 0.476. The highest BCUT2D eigenvalue weighted by Gasteiger charge is 2.55. The molecular weight excluding hydrogens is 654 g/mol. The SMILES string of the molecule is Nc1nc2c(ncn2[C@@H]2O[C@@H]3COP(=O)(O)OC4[C@@H](COP(=O)(O)O[C@H]2C3F)O[C@@H](n2cnc3c(N)ccnc32)[C@H]4F)c(=O)[nH]1. The van der Waals surface area contributed by atoms with Crippen LogP contribution in [0.15, 0.2) is 29.7 Å². The van der Waals surface area contributed by atoms with E-state index in [1.165, 1.54) is 18.6 Å². The van der Waals surface area contributed by atoms with Crippen LogP contribution < -0.4 is 17.0 Å². The molecule has 4 aromatic rings. The Labute approximate surface area is 248 Å². The van der Waals surface area contributed by atoms with Gasteiger partial charge in [-0.05, 0) is 6.07 Å². The minimum absolute atomic E-state index is 0.107. The fourth-order valence-electron chi connectivity index (χ4n) is 5.32. The van der Waals surface area contributed by atoms with Gasteiger partial charge >= 0.3 is 15.6 Å². The molecule has 7 rings (SSSR count). The van der Waals surface area contributed by atoms with Crippen LogP contribution in [0.2, 0.25) is 0 Å². The lowest BCUT2D eigenvalue weighted by Crippen LogP contribution is -2.34. The van der Waals surface area contributed by atoms with E-state index in [2.05, 4.69) is 24.9 Å². The second-order valence-electron chi connectivity index (χ2n) is 10.2. The Morgan fingerprint density at radius 1 is 0.867 bits per heavy atom. The molecule has 45 heavy (non-hydrogen) atoms. The molecule has 7 N–H and O–H groups in total. The number of nitrogens with zero attached hydrogens (tertiary/aromatic N) is 6. The molecule has 3 saturated heterocycles. The quantitative estimate of drug-likeness (QED) is 0.177. The predicted molar refractivity (Wildman–Crippen MR) is 143 cm³/mol. The number of phosphoric ester groups is 2. The molecule has 4 unspecified atom stereocenters. The summed E-state index contributed by atoms with van der Waals surface area (Å²) in [5.41, 5.74) is 10.9. The molecule has 7 heterocycles. The van der Waals surface area contributed by atoms with E-state index in [1.54, 1.807) is 0 Å². The number of rotatable bonds is 2. The second kappa shape index (κ2) is 10.8. The zero-order valence-electron chi connectivity index (χ0n) is 22.4. The maximum atomic E-state index is 15.9. The zero-order valence-corrected chi connectivity index (χ0v) is 24.2. The molecule has 0 saturated carbocycles. The van der Waals surface area contributed by atoms with Crippen LogP contribution in [0.5, 0.6) is 0 Å². The number of halogens is 2. The van der Waals surface area contributed by atoms with Gasteiger partial charge < -0.3 is 30.7 Å². The summed E-state index contributed by atoms with van der Waals surface area (Å²) in [4.78, 5) is 51.7. The molecule has 3 aliphatic heterocycles. The summed E-state index contributed by atoms with van der Waals surface area (Å²) >= 11 is 0. The number of H-pyrrole nitrogens is 1. The second-order valence-corrected chi connectivity index (χ2v) is 13.0. The van der Waals surface area contributed by atoms with Gasteiger partial charge in [0.1, 0.15) is 29.9 Å². The van der Waals surface area contributed by atoms with Gasteiger partial charge in [0, 0.05) is 6.20 Å². The van der Waals surface area contributed by atoms with Crippen molar-refractivity contribution >= 4 is 49.6 Å². The summed E-state index contributed by atoms with van der Waals surface area (Å²) < 4.78 is 91.4. The molecule has 0 spiro atoms. The molecular formula is C21H23F2N9O11P2. The lowest BCUT2D eigenvalue weighted by molar-refractivity contribution is -0.0669. The number of nitrogens with one attached hydrogen (secondary N) is 1. The van der Waals surface area contributed by atoms with Gasteiger partial charge in [0.2, 0.25) is 5.95 Å². The average molecular weight is 677 g/mol. The van der Waals surface area contributed by atoms with Gasteiger partial charge in [-0.3, -0.25) is 37.0 Å². The number of alkyl halides is 2. The summed E-state index contributed by atoms with van der Waals surface area (Å²) in [5.74, 6) is -0.323. The minimum Gasteiger partial charge on any atom is -0.397 e. The average Bonchev–Trinajstić information content (AvgIpc) is 3.72. The standard InChI is InChI=1S/C21H23F2N9O11P2/c22-10-8-3-38-44(34,35)42-14-9(41-19(11(14)23)31-5-27-12-7(24)1-2-26-16(12)31)4-39-45(36,37)43-15(10)20(40-8)32-6-28-13-17(32)29-21(25)30-18(13)33/h1-2,5-6,8-11,14-15,19-20H,3-4H2,(H2,24,26)(H,34,35)(H,36,37)(H3,25,29,30,33)/t8-,9-,10?,11+,14?,15+,19-,20-/m1/s1. The topological polar surface area (TPSA) is 276 Å². The van der Waals surface area contributed by atoms with Crippen LogP contribution >= 0.6 is 15.6 Å². The highest BCUT2D eigenvalue weighted by atomic mass is 31.2. The number of fused-ring (bicyclic) bond motifs is 5. The first-order valence-electron chi connectivity index (χ1n) is 13.0. The van der Waals surface area contributed by atoms with Crippen molar-refractivity contribution in [1.82, 2.24) is 34.1 Å². The number of nitrogens with two attached hydrogens (primary N) is 2. The largest absolute Gasteiger partial charge is 0.472 e. The van der Waals surface area contributed by atoms with Crippen molar-refractivity contribution in [3.63, 3.8) is 0 Å². The highest BCUT2D eigenvalue weighted by Crippen LogP contribution is 2.54. The lowest BCUT2D eigenvalue weighted by atomic mass is 10.1. The van der Waals surface area contributed by atoms with Gasteiger partial charge in [-0.25, -0.2) is 32.9 Å². The van der Waals surface area contributed by atoms with E-state index in [4.69, 9.17) is 39.0 Å². The van der Waals surface area contributed by atoms with Gasteiger partial charge in [0.25, 0.3) is 5.56 Å². The Morgan fingerprint density at radius 3 is 2.22 bits per heavy atom. The maximum absolute atomic E-state index is 15.9. The van der Waals surface area contributed by atoms with Crippen molar-refractivity contribution < 1.29 is 55.3 Å². The number of nitrogen functional groups attached to an aromatic ring is 2. The van der Waals surface area contributed by atoms with Crippen molar-refractivity contribution in [2.75, 3.05) is 24.7 Å². The van der Waals surface area contributed by atoms with E-state index in [-0.39, 0.29) is 34.0 Å². The van der Waals surface area contributed by atoms with Crippen LogP contribution in [0.3, 0.4) is 0 Å². The Balaban J connectivity index is 1.21. The molecule has 0 radical (unpaired) electrons. The van der Waals surface area contributed by atoms with Crippen LogP contribution in [-0.4, -0.2) is 93.8 Å². The van der Waals surface area contributed by atoms with Gasteiger partial charge in [-0.1, -0.05) is 0 Å². The molecule has 0 amide bonds. The number of aromatic nitrogens is 7. The van der Waals surface area contributed by atoms with E-state index in [0.717, 1.165) is 15.5 Å². The van der Waals surface area contributed by atoms with Crippen LogP contribution in [0.25, 0.3) is 22.3 Å². The van der Waals surface area contributed by atoms with Crippen molar-refractivity contribution in [3.05, 3.63) is 35.3 Å². The molecule has 3 aliphatic rings. The first kappa shape index (κ1) is 30.2. The van der Waals surface area contributed by atoms with Gasteiger partial charge in [-0.15, -0.1) is 0 Å². The van der Waals surface area contributed by atoms with E-state index in [1.807, 2.05) is 0 Å². The van der Waals surface area contributed by atoms with Crippen molar-refractivity contribution in [2.45, 2.75) is 49.2 Å². The van der Waals surface area contributed by atoms with E-state index in [0.29, 0.717) is 0 Å². The molecule has 242 valence electrons. The highest BCUT2D eigenvalue weighted by molar-refractivity contribution is 7.47. The zero-order chi connectivity index (χ0) is 31.8. The Morgan fingerprint density at radius 2 is 1.49 bits per heavy atom. The minimum atomic E-state index is -5.23. The number of hydrogen-bond acceptors (Lipinski definition) is 15. The van der Waals surface area contributed by atoms with Gasteiger partial charge in [-0.2, -0.15) is 4.98 Å². The molecule has 24 heteroatoms. The van der Waals surface area contributed by atoms with Gasteiger partial charge in [0.15, 0.2) is 41.6 Å². The van der Waals surface area contributed by atoms with Crippen LogP contribution in [0.1, 0.15) is 12.5 Å². The van der Waals surface area contributed by atoms with Crippen LogP contribution in [0.4, 0.5) is 20.4 Å². The third-order valence-electron chi connectivity index (χ3n) is 7.34. The molecule has 4 aromatic heterocycles. The number of aromatic amines is 1. The molecule has 20 nitrogen and oxygen atoms in total. The summed E-state index contributed by atoms with van der Waals surface area (Å²) in [5, 5.41) is 0. The molecule has 2 bridgehead atoms. The smallest absolute Gasteiger partial charge is 0.397 e. The Bertz CT molecular complexity index is 1940. The molecule has 3 fully saturated rings. The normalized spacial score (nSPS) is 37.7. The number of pyridine rings is 1. The number of imidazole rings is 2. The lowest BCUT2D eigenvalue weighted by Gasteiger charge is -2.25. The van der Waals surface area contributed by atoms with E-state index >= 15 is 8.78 Å². The Hall–Kier alpha value is -3.43. The Kier molecular flexibility index (Phi) is 7.28. The number of ether oxygens (including phenoxy) is 2. The fourth-order valence-corrected chi connectivity index (χ4v) is 7.20. The number of phosphoric acid groups is 2. The summed E-state index contributed by atoms with van der Waals surface area (Å²) in [7, 11) is -10.4. The molecule has 0 aliphatic carbocycles. The summed E-state index contributed by atoms with van der Waals surface area (Å²) in [6, 6.07) is 1.47. The van der Waals surface area contributed by atoms with Crippen molar-refractivity contribution in [3.8, 4) is 0 Å². The van der Waals surface area contributed by atoms with Gasteiger partial charge in [0.05, 0.1) is 31.6 Å². The first-order valence-corrected chi connectivity index (χ1v) is 16.0. The third-order valence-corrected chi connectivity index (χ3v) is 9.31. The monoisotopic (exact) mass is 677 g/mol. The maximum Gasteiger partial charge on any atom is 0.472 e. The van der Waals surface area contributed by atoms with Crippen LogP contribution in [-0.2, 0) is 36.7 Å². The van der Waals surface area contributed by atoms with E-state index in [9.17, 15) is 23.7 Å². The third kappa shape index (κ3) is 5.31. The summed E-state index contributed by atoms with van der Waals surface area (Å²) in [6.07, 6.45) is -11.4. The number of hydrogen-bond donors (Lipinski definition) is 5. The molecule has 0 aromatic carbocycles. The molecule has 10 atom stereocenters. The van der Waals surface area contributed by atoms with Crippen LogP contribution in [0, 0.1) is 0 Å². The summed E-state index contributed by atoms with van der Waals surface area (Å²) in [6.45, 7) is -1.92. The van der Waals surface area contributed by atoms with Crippen molar-refractivity contribution in [2.24, 2.45) is 0 Å². The van der Waals surface area contributed by atoms with E-state index < -0.39 is 83.6 Å². The van der Waals surface area contributed by atoms with Crippen molar-refractivity contribution in [1.29, 1.82) is 0 Å². The first-order chi connectivity index (χ1) is 21.3. The number of anilines is 2.